The Hall–Kier alpha value is -3.42. The maximum atomic E-state index is 13.2. The van der Waals surface area contributed by atoms with Gasteiger partial charge in [0.2, 0.25) is 0 Å². The molecule has 1 aromatic heterocycles. The number of anilines is 1. The summed E-state index contributed by atoms with van der Waals surface area (Å²) in [6.07, 6.45) is -1.12. The van der Waals surface area contributed by atoms with Crippen molar-refractivity contribution in [1.82, 2.24) is 5.32 Å². The molecule has 2 amide bonds. The Morgan fingerprint density at radius 1 is 1.00 bits per heavy atom. The van der Waals surface area contributed by atoms with Crippen molar-refractivity contribution in [1.29, 1.82) is 0 Å². The number of amides is 2. The van der Waals surface area contributed by atoms with Crippen LogP contribution in [0, 0.1) is 0 Å². The Morgan fingerprint density at radius 3 is 2.27 bits per heavy atom. The van der Waals surface area contributed by atoms with Crippen LogP contribution in [0.15, 0.2) is 60.0 Å². The second-order valence-corrected chi connectivity index (χ2v) is 12.5. The van der Waals surface area contributed by atoms with Gasteiger partial charge >= 0.3 is 227 Å². The zero-order chi connectivity index (χ0) is 27.2. The van der Waals surface area contributed by atoms with E-state index >= 15 is 0 Å². The van der Waals surface area contributed by atoms with Crippen LogP contribution in [0.25, 0.3) is 10.4 Å². The second-order valence-electron chi connectivity index (χ2n) is 9.04. The molecule has 194 valence electrons. The molecule has 0 aliphatic carbocycles. The van der Waals surface area contributed by atoms with Crippen LogP contribution in [-0.4, -0.2) is 50.9 Å². The third kappa shape index (κ3) is 8.03. The summed E-state index contributed by atoms with van der Waals surface area (Å²) in [6, 6.07) is 15.8. The van der Waals surface area contributed by atoms with Crippen LogP contribution < -0.4 is 15.0 Å². The zero-order valence-corrected chi connectivity index (χ0v) is 24.1. The van der Waals surface area contributed by atoms with Crippen LogP contribution in [0.5, 0.6) is 0 Å². The van der Waals surface area contributed by atoms with Crippen molar-refractivity contribution in [2.24, 2.45) is 0 Å². The number of likely N-dealkylation sites (N-methyl/N-ethyl adjacent to an activating group) is 1. The number of hydrogen-bond donors (Lipinski definition) is 2. The van der Waals surface area contributed by atoms with Crippen molar-refractivity contribution in [2.45, 2.75) is 39.4 Å². The summed E-state index contributed by atoms with van der Waals surface area (Å²) in [7, 11) is 1.45. The molecule has 3 rings (SSSR count). The fraction of sp³-hybridized carbons (Fsp3) is 0.259. The van der Waals surface area contributed by atoms with Gasteiger partial charge in [-0.2, -0.15) is 0 Å². The van der Waals surface area contributed by atoms with E-state index in [1.54, 1.807) is 35.6 Å². The average Bonchev–Trinajstić information content (AvgIpc) is 3.37. The number of ether oxygens (including phenoxy) is 2. The monoisotopic (exact) mass is 584 g/mol. The summed E-state index contributed by atoms with van der Waals surface area (Å²) in [5.74, 6) is -1.45. The molecular formula is C27H29AsN2O6S. The van der Waals surface area contributed by atoms with E-state index in [4.69, 9.17) is 9.47 Å². The molecule has 0 bridgehead atoms. The van der Waals surface area contributed by atoms with Gasteiger partial charge in [-0.3, -0.25) is 0 Å². The molecule has 2 aromatic carbocycles. The Balaban J connectivity index is 1.86. The molecule has 10 heteroatoms. The van der Waals surface area contributed by atoms with Crippen LogP contribution in [0.2, 0.25) is 0 Å². The van der Waals surface area contributed by atoms with Gasteiger partial charge in [0.25, 0.3) is 0 Å². The van der Waals surface area contributed by atoms with Crippen LogP contribution in [0.4, 0.5) is 10.5 Å². The summed E-state index contributed by atoms with van der Waals surface area (Å²) in [5, 5.41) is 7.37. The number of thiophene rings is 1. The van der Waals surface area contributed by atoms with E-state index in [1.165, 1.54) is 14.0 Å². The van der Waals surface area contributed by atoms with Crippen LogP contribution in [-0.2, 0) is 19.1 Å². The Morgan fingerprint density at radius 2 is 1.70 bits per heavy atom. The van der Waals surface area contributed by atoms with Gasteiger partial charge in [0.1, 0.15) is 0 Å². The van der Waals surface area contributed by atoms with Crippen molar-refractivity contribution in [3.8, 4) is 10.4 Å². The van der Waals surface area contributed by atoms with E-state index in [0.717, 1.165) is 14.8 Å². The minimum absolute atomic E-state index is 0.276. The van der Waals surface area contributed by atoms with Gasteiger partial charge in [-0.15, -0.1) is 0 Å². The average molecular weight is 585 g/mol. The van der Waals surface area contributed by atoms with Crippen molar-refractivity contribution in [2.75, 3.05) is 12.4 Å². The molecular weight excluding hydrogens is 555 g/mol. The molecule has 0 spiro atoms. The topological polar surface area (TPSA) is 111 Å². The van der Waals surface area contributed by atoms with Gasteiger partial charge in [0.05, 0.1) is 0 Å². The fourth-order valence-electron chi connectivity index (χ4n) is 3.34. The van der Waals surface area contributed by atoms with Crippen LogP contribution >= 0.6 is 11.3 Å². The molecule has 1 heterocycles. The Labute approximate surface area is 226 Å². The van der Waals surface area contributed by atoms with Crippen molar-refractivity contribution in [3.05, 3.63) is 71.1 Å². The summed E-state index contributed by atoms with van der Waals surface area (Å²) in [6.45, 7) is 6.68. The molecule has 2 N–H and O–H groups in total. The number of benzene rings is 2. The molecule has 2 atom stereocenters. The summed E-state index contributed by atoms with van der Waals surface area (Å²) in [4.78, 5) is 50.3. The third-order valence-corrected chi connectivity index (χ3v) is 7.99. The Kier molecular flexibility index (Phi) is 9.29. The normalized spacial score (nSPS) is 12.1. The van der Waals surface area contributed by atoms with E-state index in [-0.39, 0.29) is 10.7 Å². The SMILES string of the molecule is CNC(=O)C(OC(C)=O)c1ccc(C(=O)Nc2cc(-c3cccs3)ccc2[AsH]C(=O)OC(C)(C)C)cc1. The molecule has 0 saturated carbocycles. The fourth-order valence-corrected chi connectivity index (χ4v) is 6.19. The number of carbonyl (C=O) groups is 4. The number of hydrogen-bond acceptors (Lipinski definition) is 7. The van der Waals surface area contributed by atoms with Gasteiger partial charge < -0.3 is 0 Å². The first-order valence-electron chi connectivity index (χ1n) is 11.4. The van der Waals surface area contributed by atoms with E-state index < -0.39 is 39.3 Å². The number of carbonyl (C=O) groups excluding carboxylic acids is 4. The van der Waals surface area contributed by atoms with Gasteiger partial charge in [-0.05, 0) is 0 Å². The van der Waals surface area contributed by atoms with E-state index in [2.05, 4.69) is 10.6 Å². The summed E-state index contributed by atoms with van der Waals surface area (Å²) in [5.41, 5.74) is 1.65. The minimum atomic E-state index is -1.36. The number of esters is 1. The third-order valence-electron chi connectivity index (χ3n) is 4.95. The summed E-state index contributed by atoms with van der Waals surface area (Å²) < 4.78 is 11.1. The molecule has 2 unspecified atom stereocenters. The first kappa shape index (κ1) is 28.2. The van der Waals surface area contributed by atoms with Crippen LogP contribution in [0.1, 0.15) is 49.7 Å². The standard InChI is InChI=1S/C27H29AsN2O6S/c1-16(31)35-23(25(33)29-5)17-8-10-18(11-9-17)24(32)30-21-15-19(22-7-6-14-37-22)12-13-20(21)28-26(34)36-27(2,3)4/h6-15,23,28H,1-5H3,(H,29,33)(H,30,32). The zero-order valence-electron chi connectivity index (χ0n) is 21.2. The van der Waals surface area contributed by atoms with Crippen molar-refractivity contribution >= 4 is 59.7 Å². The van der Waals surface area contributed by atoms with Crippen molar-refractivity contribution in [3.63, 3.8) is 0 Å². The quantitative estimate of drug-likeness (QED) is 0.306. The molecule has 0 aliphatic rings. The van der Waals surface area contributed by atoms with E-state index in [0.29, 0.717) is 16.8 Å². The number of rotatable bonds is 8. The number of nitrogens with one attached hydrogen (secondary N) is 2. The van der Waals surface area contributed by atoms with Gasteiger partial charge in [-0.25, -0.2) is 0 Å². The maximum absolute atomic E-state index is 13.2. The first-order chi connectivity index (χ1) is 17.5. The molecule has 0 aliphatic heterocycles. The van der Waals surface area contributed by atoms with Gasteiger partial charge in [-0.1, -0.05) is 0 Å². The molecule has 0 fully saturated rings. The Bertz CT molecular complexity index is 1280. The van der Waals surface area contributed by atoms with Gasteiger partial charge in [0.15, 0.2) is 0 Å². The van der Waals surface area contributed by atoms with Crippen LogP contribution in [0.3, 0.4) is 0 Å². The van der Waals surface area contributed by atoms with Gasteiger partial charge in [0, 0.05) is 0 Å². The summed E-state index contributed by atoms with van der Waals surface area (Å²) >= 11 is 0.221. The molecule has 0 radical (unpaired) electrons. The predicted molar refractivity (Wildman–Crippen MR) is 146 cm³/mol. The molecule has 8 nitrogen and oxygen atoms in total. The van der Waals surface area contributed by atoms with E-state index in [9.17, 15) is 19.2 Å². The van der Waals surface area contributed by atoms with Crippen molar-refractivity contribution < 1.29 is 28.7 Å². The molecule has 3 aromatic rings. The second kappa shape index (κ2) is 12.2. The molecule has 37 heavy (non-hydrogen) atoms. The molecule has 0 saturated heterocycles. The first-order valence-corrected chi connectivity index (χ1v) is 14.4. The van der Waals surface area contributed by atoms with E-state index in [1.807, 2.05) is 56.5 Å². The predicted octanol–water partition coefficient (Wildman–Crippen LogP) is 4.01.